The molecule has 1 aromatic carbocycles. The molecule has 0 amide bonds. The summed E-state index contributed by atoms with van der Waals surface area (Å²) >= 11 is 0. The van der Waals surface area contributed by atoms with Crippen molar-refractivity contribution in [2.75, 3.05) is 5.32 Å². The normalized spacial score (nSPS) is 10.4. The van der Waals surface area contributed by atoms with Crippen LogP contribution in [0.4, 0.5) is 10.1 Å². The van der Waals surface area contributed by atoms with Gasteiger partial charge in [0, 0.05) is 5.69 Å². The van der Waals surface area contributed by atoms with Crippen LogP contribution >= 0.6 is 0 Å². The lowest BCUT2D eigenvalue weighted by atomic mass is 10.2. The number of nitrogens with zero attached hydrogens (tertiary/aromatic N) is 1. The number of halogens is 1. The third kappa shape index (κ3) is 2.21. The number of benzene rings is 1. The summed E-state index contributed by atoms with van der Waals surface area (Å²) in [6.45, 7) is 4.40. The second-order valence-corrected chi connectivity index (χ2v) is 3.81. The number of nitrogens with one attached hydrogen (secondary N) is 2. The number of rotatable bonds is 3. The maximum Gasteiger partial charge on any atom is 0.146 e. The summed E-state index contributed by atoms with van der Waals surface area (Å²) in [4.78, 5) is 7.13. The van der Waals surface area contributed by atoms with Crippen LogP contribution < -0.4 is 5.32 Å². The molecule has 0 unspecified atom stereocenters. The Morgan fingerprint density at radius 3 is 2.88 bits per heavy atom. The van der Waals surface area contributed by atoms with Gasteiger partial charge in [-0.2, -0.15) is 0 Å². The second-order valence-electron chi connectivity index (χ2n) is 3.81. The summed E-state index contributed by atoms with van der Waals surface area (Å²) in [6.07, 6.45) is 1.64. The molecule has 0 aliphatic heterocycles. The molecule has 4 heteroatoms. The Hall–Kier alpha value is -1.84. The van der Waals surface area contributed by atoms with Gasteiger partial charge in [0.25, 0.3) is 0 Å². The minimum absolute atomic E-state index is 0.237. The van der Waals surface area contributed by atoms with Gasteiger partial charge in [-0.25, -0.2) is 9.37 Å². The molecule has 84 valence electrons. The first kappa shape index (κ1) is 10.7. The predicted octanol–water partition coefficient (Wildman–Crippen LogP) is 2.78. The minimum Gasteiger partial charge on any atom is -0.377 e. The van der Waals surface area contributed by atoms with E-state index in [0.717, 1.165) is 17.0 Å². The number of aromatic amines is 1. The zero-order valence-electron chi connectivity index (χ0n) is 9.34. The largest absolute Gasteiger partial charge is 0.377 e. The summed E-state index contributed by atoms with van der Waals surface area (Å²) in [5.41, 5.74) is 3.45. The third-order valence-electron chi connectivity index (χ3n) is 2.50. The average molecular weight is 219 g/mol. The summed E-state index contributed by atoms with van der Waals surface area (Å²) < 4.78 is 13.4. The highest BCUT2D eigenvalue weighted by atomic mass is 19.1. The monoisotopic (exact) mass is 219 g/mol. The van der Waals surface area contributed by atoms with Crippen LogP contribution in [0.5, 0.6) is 0 Å². The molecule has 2 aromatic rings. The van der Waals surface area contributed by atoms with E-state index in [2.05, 4.69) is 15.3 Å². The van der Waals surface area contributed by atoms with Gasteiger partial charge in [0.05, 0.1) is 24.3 Å². The fourth-order valence-electron chi connectivity index (χ4n) is 1.52. The molecule has 0 aliphatic carbocycles. The van der Waals surface area contributed by atoms with Crippen molar-refractivity contribution in [1.82, 2.24) is 9.97 Å². The summed E-state index contributed by atoms with van der Waals surface area (Å²) in [5.74, 6) is -0.237. The molecule has 0 saturated carbocycles. The van der Waals surface area contributed by atoms with Crippen LogP contribution in [0, 0.1) is 19.7 Å². The molecule has 2 rings (SSSR count). The van der Waals surface area contributed by atoms with E-state index >= 15 is 0 Å². The van der Waals surface area contributed by atoms with E-state index < -0.39 is 0 Å². The quantitative estimate of drug-likeness (QED) is 0.833. The first-order valence-electron chi connectivity index (χ1n) is 5.15. The van der Waals surface area contributed by atoms with Crippen molar-refractivity contribution in [3.05, 3.63) is 47.3 Å². The second kappa shape index (κ2) is 4.35. The van der Waals surface area contributed by atoms with E-state index in [1.165, 1.54) is 6.07 Å². The maximum atomic E-state index is 13.4. The van der Waals surface area contributed by atoms with Crippen LogP contribution in [0.15, 0.2) is 24.5 Å². The molecule has 0 saturated heterocycles. The van der Waals surface area contributed by atoms with Crippen LogP contribution in [-0.4, -0.2) is 9.97 Å². The number of aromatic nitrogens is 2. The third-order valence-corrected chi connectivity index (χ3v) is 2.50. The van der Waals surface area contributed by atoms with Gasteiger partial charge in [0.1, 0.15) is 5.82 Å². The number of anilines is 1. The Kier molecular flexibility index (Phi) is 2.90. The SMILES string of the molecule is Cc1ccc(F)c(NCc2nc[nH]c2C)c1. The van der Waals surface area contributed by atoms with Gasteiger partial charge in [-0.1, -0.05) is 6.07 Å². The lowest BCUT2D eigenvalue weighted by molar-refractivity contribution is 0.629. The standard InChI is InChI=1S/C12H14FN3/c1-8-3-4-10(13)11(5-8)14-6-12-9(2)15-7-16-12/h3-5,7,14H,6H2,1-2H3,(H,15,16). The number of hydrogen-bond donors (Lipinski definition) is 2. The minimum atomic E-state index is -0.237. The topological polar surface area (TPSA) is 40.7 Å². The van der Waals surface area contributed by atoms with Crippen LogP contribution in [0.25, 0.3) is 0 Å². The Balaban J connectivity index is 2.10. The number of aryl methyl sites for hydroxylation is 2. The van der Waals surface area contributed by atoms with Gasteiger partial charge in [0.15, 0.2) is 0 Å². The highest BCUT2D eigenvalue weighted by Crippen LogP contribution is 2.16. The maximum absolute atomic E-state index is 13.4. The van der Waals surface area contributed by atoms with Crippen molar-refractivity contribution < 1.29 is 4.39 Å². The summed E-state index contributed by atoms with van der Waals surface area (Å²) in [5, 5.41) is 3.04. The first-order valence-corrected chi connectivity index (χ1v) is 5.15. The predicted molar refractivity (Wildman–Crippen MR) is 61.8 cm³/mol. The molecule has 1 heterocycles. The Morgan fingerprint density at radius 1 is 1.38 bits per heavy atom. The lowest BCUT2D eigenvalue weighted by Crippen LogP contribution is -2.03. The van der Waals surface area contributed by atoms with E-state index in [0.29, 0.717) is 12.2 Å². The van der Waals surface area contributed by atoms with Gasteiger partial charge < -0.3 is 10.3 Å². The summed E-state index contributed by atoms with van der Waals surface area (Å²) in [7, 11) is 0. The van der Waals surface area contributed by atoms with Crippen molar-refractivity contribution in [2.24, 2.45) is 0 Å². The molecular formula is C12H14FN3. The van der Waals surface area contributed by atoms with Crippen molar-refractivity contribution >= 4 is 5.69 Å². The van der Waals surface area contributed by atoms with Crippen molar-refractivity contribution in [1.29, 1.82) is 0 Å². The zero-order chi connectivity index (χ0) is 11.5. The highest BCUT2D eigenvalue weighted by Gasteiger charge is 2.04. The van der Waals surface area contributed by atoms with E-state index in [9.17, 15) is 4.39 Å². The molecule has 1 aromatic heterocycles. The summed E-state index contributed by atoms with van der Waals surface area (Å²) in [6, 6.07) is 5.01. The Morgan fingerprint density at radius 2 is 2.19 bits per heavy atom. The Bertz CT molecular complexity index is 491. The van der Waals surface area contributed by atoms with Crippen molar-refractivity contribution in [3.8, 4) is 0 Å². The molecule has 0 atom stereocenters. The number of hydrogen-bond acceptors (Lipinski definition) is 2. The van der Waals surface area contributed by atoms with E-state index in [1.54, 1.807) is 18.5 Å². The number of H-pyrrole nitrogens is 1. The van der Waals surface area contributed by atoms with Gasteiger partial charge in [-0.15, -0.1) is 0 Å². The number of imidazole rings is 1. The smallest absolute Gasteiger partial charge is 0.146 e. The van der Waals surface area contributed by atoms with Crippen LogP contribution in [-0.2, 0) is 6.54 Å². The molecule has 0 aliphatic rings. The molecule has 3 nitrogen and oxygen atoms in total. The van der Waals surface area contributed by atoms with Gasteiger partial charge in [-0.05, 0) is 31.5 Å². The average Bonchev–Trinajstić information content (AvgIpc) is 2.66. The molecule has 0 radical (unpaired) electrons. The van der Waals surface area contributed by atoms with Crippen molar-refractivity contribution in [2.45, 2.75) is 20.4 Å². The van der Waals surface area contributed by atoms with Gasteiger partial charge in [0.2, 0.25) is 0 Å². The molecule has 0 bridgehead atoms. The molecule has 0 spiro atoms. The molecule has 0 fully saturated rings. The highest BCUT2D eigenvalue weighted by molar-refractivity contribution is 5.47. The van der Waals surface area contributed by atoms with Crippen LogP contribution in [0.1, 0.15) is 17.0 Å². The van der Waals surface area contributed by atoms with Crippen LogP contribution in [0.3, 0.4) is 0 Å². The van der Waals surface area contributed by atoms with Crippen molar-refractivity contribution in [3.63, 3.8) is 0 Å². The zero-order valence-corrected chi connectivity index (χ0v) is 9.34. The van der Waals surface area contributed by atoms with E-state index in [1.807, 2.05) is 13.8 Å². The molecular weight excluding hydrogens is 205 g/mol. The van der Waals surface area contributed by atoms with Gasteiger partial charge >= 0.3 is 0 Å². The molecule has 16 heavy (non-hydrogen) atoms. The fourth-order valence-corrected chi connectivity index (χ4v) is 1.52. The van der Waals surface area contributed by atoms with E-state index in [4.69, 9.17) is 0 Å². The lowest BCUT2D eigenvalue weighted by Gasteiger charge is -2.07. The van der Waals surface area contributed by atoms with E-state index in [-0.39, 0.29) is 5.82 Å². The molecule has 2 N–H and O–H groups in total. The first-order chi connectivity index (χ1) is 7.66. The fraction of sp³-hybridized carbons (Fsp3) is 0.250. The van der Waals surface area contributed by atoms with Gasteiger partial charge in [-0.3, -0.25) is 0 Å². The van der Waals surface area contributed by atoms with Crippen LogP contribution in [0.2, 0.25) is 0 Å². The Labute approximate surface area is 93.7 Å².